The molecule has 0 fully saturated rings. The third-order valence-electron chi connectivity index (χ3n) is 2.94. The molecule has 1 unspecified atom stereocenters. The molecule has 0 aliphatic rings. The third kappa shape index (κ3) is 4.12. The van der Waals surface area contributed by atoms with Crippen molar-refractivity contribution in [2.24, 2.45) is 7.05 Å². The van der Waals surface area contributed by atoms with E-state index >= 15 is 0 Å². The normalized spacial score (nSPS) is 12.7. The predicted octanol–water partition coefficient (Wildman–Crippen LogP) is -0.251. The van der Waals surface area contributed by atoms with Crippen molar-refractivity contribution in [3.05, 3.63) is 18.0 Å². The maximum atomic E-state index is 12.0. The highest BCUT2D eigenvalue weighted by Gasteiger charge is 2.19. The zero-order valence-corrected chi connectivity index (χ0v) is 11.6. The molecule has 0 aliphatic carbocycles. The van der Waals surface area contributed by atoms with E-state index in [-0.39, 0.29) is 11.9 Å². The number of likely N-dealkylation sites (N-methyl/N-ethyl adjacent to an activating group) is 2. The van der Waals surface area contributed by atoms with Crippen molar-refractivity contribution in [1.82, 2.24) is 25.3 Å². The van der Waals surface area contributed by atoms with Gasteiger partial charge in [-0.05, 0) is 20.6 Å². The average Bonchev–Trinajstić information content (AvgIpc) is 2.76. The molecular formula is C12H23N5O. The number of amides is 1. The SMILES string of the molecule is CCN(C)CCNC(=O)C(NC)c1cnn(C)c1. The van der Waals surface area contributed by atoms with Crippen LogP contribution in [0.2, 0.25) is 0 Å². The van der Waals surface area contributed by atoms with Gasteiger partial charge in [-0.2, -0.15) is 5.10 Å². The van der Waals surface area contributed by atoms with Crippen LogP contribution in [0.3, 0.4) is 0 Å². The zero-order chi connectivity index (χ0) is 13.5. The lowest BCUT2D eigenvalue weighted by atomic mass is 10.1. The van der Waals surface area contributed by atoms with Gasteiger partial charge < -0.3 is 15.5 Å². The molecule has 1 atom stereocenters. The fraction of sp³-hybridized carbons (Fsp3) is 0.667. The largest absolute Gasteiger partial charge is 0.353 e. The zero-order valence-electron chi connectivity index (χ0n) is 11.6. The summed E-state index contributed by atoms with van der Waals surface area (Å²) in [6.07, 6.45) is 3.55. The molecule has 0 radical (unpaired) electrons. The highest BCUT2D eigenvalue weighted by atomic mass is 16.2. The van der Waals surface area contributed by atoms with Gasteiger partial charge in [0.15, 0.2) is 0 Å². The number of carbonyl (C=O) groups is 1. The first-order valence-corrected chi connectivity index (χ1v) is 6.20. The van der Waals surface area contributed by atoms with Crippen molar-refractivity contribution >= 4 is 5.91 Å². The lowest BCUT2D eigenvalue weighted by molar-refractivity contribution is -0.123. The Labute approximate surface area is 108 Å². The number of aryl methyl sites for hydroxylation is 1. The van der Waals surface area contributed by atoms with Gasteiger partial charge in [0.2, 0.25) is 5.91 Å². The molecule has 0 spiro atoms. The van der Waals surface area contributed by atoms with Gasteiger partial charge >= 0.3 is 0 Å². The van der Waals surface area contributed by atoms with Crippen molar-refractivity contribution in [3.8, 4) is 0 Å². The van der Waals surface area contributed by atoms with Gasteiger partial charge in [-0.1, -0.05) is 6.92 Å². The lowest BCUT2D eigenvalue weighted by Gasteiger charge is -2.17. The number of hydrogen-bond donors (Lipinski definition) is 2. The molecule has 6 nitrogen and oxygen atoms in total. The van der Waals surface area contributed by atoms with Crippen molar-refractivity contribution in [2.75, 3.05) is 33.7 Å². The topological polar surface area (TPSA) is 62.2 Å². The first kappa shape index (κ1) is 14.7. The molecule has 0 aliphatic heterocycles. The molecule has 1 aromatic rings. The minimum atomic E-state index is -0.342. The quantitative estimate of drug-likeness (QED) is 0.703. The minimum absolute atomic E-state index is 0.0185. The fourth-order valence-corrected chi connectivity index (χ4v) is 1.67. The van der Waals surface area contributed by atoms with Crippen LogP contribution in [0.4, 0.5) is 0 Å². The van der Waals surface area contributed by atoms with E-state index in [0.29, 0.717) is 6.54 Å². The molecule has 1 heterocycles. The van der Waals surface area contributed by atoms with Crippen LogP contribution in [0.25, 0.3) is 0 Å². The second kappa shape index (κ2) is 7.13. The Morgan fingerprint density at radius 3 is 2.83 bits per heavy atom. The van der Waals surface area contributed by atoms with Gasteiger partial charge in [0.1, 0.15) is 6.04 Å². The summed E-state index contributed by atoms with van der Waals surface area (Å²) in [5, 5.41) is 10.0. The Balaban J connectivity index is 2.48. The van der Waals surface area contributed by atoms with Gasteiger partial charge in [-0.15, -0.1) is 0 Å². The van der Waals surface area contributed by atoms with E-state index in [4.69, 9.17) is 0 Å². The maximum Gasteiger partial charge on any atom is 0.241 e. The molecular weight excluding hydrogens is 230 g/mol. The Bertz CT molecular complexity index is 376. The van der Waals surface area contributed by atoms with Crippen LogP contribution in [0.15, 0.2) is 12.4 Å². The van der Waals surface area contributed by atoms with E-state index in [2.05, 4.69) is 27.6 Å². The van der Waals surface area contributed by atoms with Crippen LogP contribution >= 0.6 is 0 Å². The summed E-state index contributed by atoms with van der Waals surface area (Å²) in [6, 6.07) is -0.342. The van der Waals surface area contributed by atoms with Crippen molar-refractivity contribution in [1.29, 1.82) is 0 Å². The van der Waals surface area contributed by atoms with Gasteiger partial charge in [0.05, 0.1) is 6.20 Å². The Kier molecular flexibility index (Phi) is 5.80. The standard InChI is InChI=1S/C12H23N5O/c1-5-16(3)7-6-14-12(18)11(13-2)10-8-15-17(4)9-10/h8-9,11,13H,5-7H2,1-4H3,(H,14,18). The van der Waals surface area contributed by atoms with Crippen LogP contribution < -0.4 is 10.6 Å². The fourth-order valence-electron chi connectivity index (χ4n) is 1.67. The second-order valence-corrected chi connectivity index (χ2v) is 4.36. The molecule has 102 valence electrons. The van der Waals surface area contributed by atoms with E-state index in [0.717, 1.165) is 18.7 Å². The van der Waals surface area contributed by atoms with Gasteiger partial charge in [-0.25, -0.2) is 0 Å². The highest BCUT2D eigenvalue weighted by Crippen LogP contribution is 2.10. The van der Waals surface area contributed by atoms with E-state index in [1.807, 2.05) is 20.3 Å². The van der Waals surface area contributed by atoms with Crippen LogP contribution in [0.1, 0.15) is 18.5 Å². The second-order valence-electron chi connectivity index (χ2n) is 4.36. The molecule has 0 saturated heterocycles. The Morgan fingerprint density at radius 2 is 2.33 bits per heavy atom. The van der Waals surface area contributed by atoms with Crippen molar-refractivity contribution < 1.29 is 4.79 Å². The molecule has 6 heteroatoms. The summed E-state index contributed by atoms with van der Waals surface area (Å²) in [4.78, 5) is 14.2. The summed E-state index contributed by atoms with van der Waals surface area (Å²) in [6.45, 7) is 4.58. The average molecular weight is 253 g/mol. The number of carbonyl (C=O) groups excluding carboxylic acids is 1. The molecule has 18 heavy (non-hydrogen) atoms. The Hall–Kier alpha value is -1.40. The highest BCUT2D eigenvalue weighted by molar-refractivity contribution is 5.82. The summed E-state index contributed by atoms with van der Waals surface area (Å²) >= 11 is 0. The summed E-state index contributed by atoms with van der Waals surface area (Å²) < 4.78 is 1.69. The van der Waals surface area contributed by atoms with E-state index in [1.54, 1.807) is 17.9 Å². The molecule has 0 bridgehead atoms. The number of nitrogens with one attached hydrogen (secondary N) is 2. The van der Waals surface area contributed by atoms with Crippen LogP contribution in [-0.2, 0) is 11.8 Å². The van der Waals surface area contributed by atoms with E-state index in [1.165, 1.54) is 0 Å². The van der Waals surface area contributed by atoms with Crippen LogP contribution in [0.5, 0.6) is 0 Å². The lowest BCUT2D eigenvalue weighted by Crippen LogP contribution is -2.39. The van der Waals surface area contributed by atoms with Crippen LogP contribution in [0, 0.1) is 0 Å². The summed E-state index contributed by atoms with van der Waals surface area (Å²) in [5.41, 5.74) is 0.876. The Morgan fingerprint density at radius 1 is 1.61 bits per heavy atom. The summed E-state index contributed by atoms with van der Waals surface area (Å²) in [5.74, 6) is -0.0185. The monoisotopic (exact) mass is 253 g/mol. The van der Waals surface area contributed by atoms with Crippen molar-refractivity contribution in [3.63, 3.8) is 0 Å². The van der Waals surface area contributed by atoms with E-state index < -0.39 is 0 Å². The number of aromatic nitrogens is 2. The summed E-state index contributed by atoms with van der Waals surface area (Å²) in [7, 11) is 5.64. The maximum absolute atomic E-state index is 12.0. The molecule has 0 aromatic carbocycles. The number of nitrogens with zero attached hydrogens (tertiary/aromatic N) is 3. The van der Waals surface area contributed by atoms with Crippen molar-refractivity contribution in [2.45, 2.75) is 13.0 Å². The molecule has 0 saturated carbocycles. The smallest absolute Gasteiger partial charge is 0.241 e. The molecule has 1 aromatic heterocycles. The van der Waals surface area contributed by atoms with Gasteiger partial charge in [0.25, 0.3) is 0 Å². The number of rotatable bonds is 7. The van der Waals surface area contributed by atoms with Crippen LogP contribution in [-0.4, -0.2) is 54.3 Å². The van der Waals surface area contributed by atoms with E-state index in [9.17, 15) is 4.79 Å². The minimum Gasteiger partial charge on any atom is -0.353 e. The number of hydrogen-bond acceptors (Lipinski definition) is 4. The molecule has 2 N–H and O–H groups in total. The first-order valence-electron chi connectivity index (χ1n) is 6.20. The molecule has 1 amide bonds. The third-order valence-corrected chi connectivity index (χ3v) is 2.94. The molecule has 1 rings (SSSR count). The first-order chi connectivity index (χ1) is 8.58. The predicted molar refractivity (Wildman–Crippen MR) is 71.2 cm³/mol. The van der Waals surface area contributed by atoms with Gasteiger partial charge in [-0.3, -0.25) is 9.48 Å². The van der Waals surface area contributed by atoms with Gasteiger partial charge in [0, 0.05) is 31.9 Å².